The van der Waals surface area contributed by atoms with E-state index in [1.165, 1.54) is 0 Å². The summed E-state index contributed by atoms with van der Waals surface area (Å²) in [7, 11) is -2.06. The molecule has 0 spiro atoms. The number of ether oxygens (including phenoxy) is 1. The van der Waals surface area contributed by atoms with Gasteiger partial charge in [0.2, 0.25) is 0 Å². The van der Waals surface area contributed by atoms with Gasteiger partial charge in [-0.2, -0.15) is 0 Å². The first-order chi connectivity index (χ1) is 8.43. The summed E-state index contributed by atoms with van der Waals surface area (Å²) in [5, 5.41) is 0. The van der Waals surface area contributed by atoms with Crippen LogP contribution in [0.25, 0.3) is 0 Å². The van der Waals surface area contributed by atoms with Crippen LogP contribution in [0.5, 0.6) is 11.5 Å². The summed E-state index contributed by atoms with van der Waals surface area (Å²) in [6.07, 6.45) is 1.21. The second kappa shape index (κ2) is 6.80. The maximum atomic E-state index is 5.92. The van der Waals surface area contributed by atoms with Crippen molar-refractivity contribution in [3.63, 3.8) is 0 Å². The molecule has 0 saturated carbocycles. The van der Waals surface area contributed by atoms with E-state index in [1.54, 1.807) is 0 Å². The quantitative estimate of drug-likeness (QED) is 0.700. The van der Waals surface area contributed by atoms with Gasteiger partial charge in [-0.25, -0.2) is 0 Å². The van der Waals surface area contributed by atoms with Crippen LogP contribution in [-0.4, -0.2) is 21.3 Å². The van der Waals surface area contributed by atoms with E-state index >= 15 is 0 Å². The van der Waals surface area contributed by atoms with E-state index in [9.17, 15) is 0 Å². The Labute approximate surface area is 111 Å². The van der Waals surface area contributed by atoms with Crippen LogP contribution < -0.4 is 9.16 Å². The molecule has 0 aromatic heterocycles. The SMILES string of the molecule is CCCO[Si](C)(C)Oc1ccc(OC(C)C)cc1. The second-order valence-electron chi connectivity index (χ2n) is 4.99. The summed E-state index contributed by atoms with van der Waals surface area (Å²) in [4.78, 5) is 0. The predicted octanol–water partition coefficient (Wildman–Crippen LogP) is 3.98. The Hall–Kier alpha value is -1.00. The molecule has 0 N–H and O–H groups in total. The van der Waals surface area contributed by atoms with Crippen molar-refractivity contribution >= 4 is 8.56 Å². The Bertz CT molecular complexity index is 347. The topological polar surface area (TPSA) is 27.7 Å². The molecular weight excluding hydrogens is 244 g/mol. The van der Waals surface area contributed by atoms with E-state index in [0.29, 0.717) is 0 Å². The lowest BCUT2D eigenvalue weighted by Crippen LogP contribution is -2.38. The van der Waals surface area contributed by atoms with Crippen LogP contribution in [0.1, 0.15) is 27.2 Å². The van der Waals surface area contributed by atoms with Crippen molar-refractivity contribution in [1.82, 2.24) is 0 Å². The summed E-state index contributed by atoms with van der Waals surface area (Å²) < 4.78 is 17.3. The number of hydrogen-bond donors (Lipinski definition) is 0. The Kier molecular flexibility index (Phi) is 5.69. The standard InChI is InChI=1S/C14H24O3Si/c1-6-11-15-18(4,5)17-14-9-7-13(8-10-14)16-12(2)3/h7-10,12H,6,11H2,1-5H3. The third kappa shape index (κ3) is 5.56. The van der Waals surface area contributed by atoms with Gasteiger partial charge < -0.3 is 13.6 Å². The molecule has 0 unspecified atom stereocenters. The molecule has 0 atom stereocenters. The molecule has 1 aromatic carbocycles. The molecule has 4 heteroatoms. The van der Waals surface area contributed by atoms with Crippen LogP contribution in [0.15, 0.2) is 24.3 Å². The molecule has 0 aliphatic rings. The van der Waals surface area contributed by atoms with Gasteiger partial charge in [0, 0.05) is 6.61 Å². The zero-order valence-corrected chi connectivity index (χ0v) is 13.0. The Morgan fingerprint density at radius 1 is 1.06 bits per heavy atom. The molecule has 0 heterocycles. The fraction of sp³-hybridized carbons (Fsp3) is 0.571. The van der Waals surface area contributed by atoms with Crippen molar-refractivity contribution in [3.05, 3.63) is 24.3 Å². The Morgan fingerprint density at radius 2 is 1.61 bits per heavy atom. The van der Waals surface area contributed by atoms with Crippen molar-refractivity contribution in [2.45, 2.75) is 46.4 Å². The molecule has 0 amide bonds. The summed E-state index contributed by atoms with van der Waals surface area (Å²) in [5.74, 6) is 1.71. The highest BCUT2D eigenvalue weighted by atomic mass is 28.4. The molecule has 3 nitrogen and oxygen atoms in total. The zero-order chi connectivity index (χ0) is 13.6. The number of benzene rings is 1. The fourth-order valence-corrected chi connectivity index (χ4v) is 2.98. The van der Waals surface area contributed by atoms with Gasteiger partial charge in [-0.1, -0.05) is 6.92 Å². The Balaban J connectivity index is 2.57. The predicted molar refractivity (Wildman–Crippen MR) is 76.6 cm³/mol. The van der Waals surface area contributed by atoms with E-state index in [1.807, 2.05) is 38.1 Å². The van der Waals surface area contributed by atoms with Crippen LogP contribution in [0, 0.1) is 0 Å². The molecule has 0 fully saturated rings. The van der Waals surface area contributed by atoms with E-state index in [4.69, 9.17) is 13.6 Å². The highest BCUT2D eigenvalue weighted by Gasteiger charge is 2.26. The van der Waals surface area contributed by atoms with Gasteiger partial charge in [-0.3, -0.25) is 0 Å². The van der Waals surface area contributed by atoms with E-state index in [0.717, 1.165) is 24.5 Å². The summed E-state index contributed by atoms with van der Waals surface area (Å²) in [6.45, 7) is 11.0. The van der Waals surface area contributed by atoms with Crippen LogP contribution in [-0.2, 0) is 4.43 Å². The minimum Gasteiger partial charge on any atom is -0.520 e. The number of rotatable bonds is 7. The van der Waals surface area contributed by atoms with Crippen LogP contribution in [0.2, 0.25) is 13.1 Å². The second-order valence-corrected chi connectivity index (χ2v) is 8.28. The van der Waals surface area contributed by atoms with Crippen LogP contribution in [0.4, 0.5) is 0 Å². The molecule has 1 aromatic rings. The van der Waals surface area contributed by atoms with Crippen molar-refractivity contribution in [3.8, 4) is 11.5 Å². The van der Waals surface area contributed by atoms with Gasteiger partial charge in [-0.15, -0.1) is 0 Å². The highest BCUT2D eigenvalue weighted by molar-refractivity contribution is 6.65. The van der Waals surface area contributed by atoms with E-state index in [2.05, 4.69) is 20.0 Å². The molecule has 0 saturated heterocycles. The Morgan fingerprint density at radius 3 is 2.11 bits per heavy atom. The van der Waals surface area contributed by atoms with Crippen LogP contribution in [0.3, 0.4) is 0 Å². The molecule has 0 radical (unpaired) electrons. The lowest BCUT2D eigenvalue weighted by Gasteiger charge is -2.23. The minimum absolute atomic E-state index is 0.190. The van der Waals surface area contributed by atoms with Gasteiger partial charge >= 0.3 is 8.56 Å². The lowest BCUT2D eigenvalue weighted by atomic mass is 10.3. The molecule has 1 rings (SSSR count). The average Bonchev–Trinajstić information content (AvgIpc) is 2.28. The average molecular weight is 268 g/mol. The van der Waals surface area contributed by atoms with Gasteiger partial charge in [0.1, 0.15) is 11.5 Å². The van der Waals surface area contributed by atoms with Gasteiger partial charge in [0.25, 0.3) is 0 Å². The monoisotopic (exact) mass is 268 g/mol. The maximum Gasteiger partial charge on any atom is 0.392 e. The molecule has 0 bridgehead atoms. The first-order valence-corrected chi connectivity index (χ1v) is 9.34. The molecular formula is C14H24O3Si. The molecule has 0 aliphatic heterocycles. The zero-order valence-electron chi connectivity index (χ0n) is 12.0. The smallest absolute Gasteiger partial charge is 0.392 e. The fourth-order valence-electron chi connectivity index (χ4n) is 1.52. The van der Waals surface area contributed by atoms with Crippen molar-refractivity contribution < 1.29 is 13.6 Å². The van der Waals surface area contributed by atoms with Crippen LogP contribution >= 0.6 is 0 Å². The lowest BCUT2D eigenvalue weighted by molar-refractivity contribution is 0.240. The molecule has 102 valence electrons. The molecule has 18 heavy (non-hydrogen) atoms. The van der Waals surface area contributed by atoms with Gasteiger partial charge in [-0.05, 0) is 57.6 Å². The normalized spacial score (nSPS) is 11.7. The van der Waals surface area contributed by atoms with Crippen molar-refractivity contribution in [2.24, 2.45) is 0 Å². The minimum atomic E-state index is -2.06. The third-order valence-electron chi connectivity index (χ3n) is 2.21. The largest absolute Gasteiger partial charge is 0.520 e. The van der Waals surface area contributed by atoms with Crippen molar-refractivity contribution in [1.29, 1.82) is 0 Å². The summed E-state index contributed by atoms with van der Waals surface area (Å²) >= 11 is 0. The highest BCUT2D eigenvalue weighted by Crippen LogP contribution is 2.21. The van der Waals surface area contributed by atoms with Gasteiger partial charge in [0.15, 0.2) is 0 Å². The van der Waals surface area contributed by atoms with E-state index < -0.39 is 8.56 Å². The first kappa shape index (κ1) is 15.1. The van der Waals surface area contributed by atoms with E-state index in [-0.39, 0.29) is 6.10 Å². The third-order valence-corrected chi connectivity index (χ3v) is 3.84. The van der Waals surface area contributed by atoms with Gasteiger partial charge in [0.05, 0.1) is 6.10 Å². The first-order valence-electron chi connectivity index (χ1n) is 6.52. The van der Waals surface area contributed by atoms with Crippen molar-refractivity contribution in [2.75, 3.05) is 6.61 Å². The maximum absolute atomic E-state index is 5.92. The molecule has 0 aliphatic carbocycles. The summed E-state index contributed by atoms with van der Waals surface area (Å²) in [5.41, 5.74) is 0. The number of hydrogen-bond acceptors (Lipinski definition) is 3. The summed E-state index contributed by atoms with van der Waals surface area (Å²) in [6, 6.07) is 7.73.